The van der Waals surface area contributed by atoms with Crippen LogP contribution in [0.15, 0.2) is 74.6 Å². The maximum Gasteiger partial charge on any atom is 1.00 e. The van der Waals surface area contributed by atoms with Gasteiger partial charge in [-0.25, -0.2) is 8.42 Å². The van der Waals surface area contributed by atoms with Crippen LogP contribution in [-0.2, 0) is 20.2 Å². The Morgan fingerprint density at radius 3 is 2.11 bits per heavy atom. The van der Waals surface area contributed by atoms with E-state index in [2.05, 4.69) is 10.2 Å². The summed E-state index contributed by atoms with van der Waals surface area (Å²) in [7, 11) is -9.66. The molecular weight excluding hydrogens is 419 g/mol. The molecule has 0 spiro atoms. The number of rotatable bonds is 4. The van der Waals surface area contributed by atoms with Crippen LogP contribution in [0, 0.1) is 0 Å². The molecule has 3 aromatic rings. The van der Waals surface area contributed by atoms with Crippen LogP contribution in [0.25, 0.3) is 10.8 Å². The quantitative estimate of drug-likeness (QED) is 0.338. The fraction of sp³-hybridized carbons (Fsp3) is 0. The second kappa shape index (κ2) is 8.25. The Kier molecular flexibility index (Phi) is 6.61. The molecule has 0 aliphatic heterocycles. The fourth-order valence-electron chi connectivity index (χ4n) is 2.39. The molecule has 9 nitrogen and oxygen atoms in total. The maximum atomic E-state index is 11.5. The Morgan fingerprint density at radius 1 is 0.893 bits per heavy atom. The number of phenolic OH excluding ortho intramolecular Hbond substituents is 1. The number of aromatic hydroxyl groups is 1. The van der Waals surface area contributed by atoms with Crippen molar-refractivity contribution in [3.05, 3.63) is 54.6 Å². The summed E-state index contributed by atoms with van der Waals surface area (Å²) in [5.41, 5.74) is 0.0971. The second-order valence-corrected chi connectivity index (χ2v) is 8.19. The molecule has 0 heterocycles. The van der Waals surface area contributed by atoms with Crippen molar-refractivity contribution in [2.75, 3.05) is 0 Å². The van der Waals surface area contributed by atoms with Crippen LogP contribution in [0.2, 0.25) is 0 Å². The molecule has 0 aliphatic carbocycles. The molecule has 0 amide bonds. The molecule has 3 rings (SSSR count). The van der Waals surface area contributed by atoms with Gasteiger partial charge in [-0.3, -0.25) is 4.55 Å². The number of azo groups is 1. The Labute approximate surface area is 182 Å². The molecule has 140 valence electrons. The van der Waals surface area contributed by atoms with Crippen LogP contribution in [0.5, 0.6) is 5.75 Å². The normalized spacial score (nSPS) is 12.2. The summed E-state index contributed by atoms with van der Waals surface area (Å²) in [4.78, 5) is -1.50. The number of nitrogens with zero attached hydrogens (tertiary/aromatic N) is 2. The third-order valence-corrected chi connectivity index (χ3v) is 5.31. The van der Waals surface area contributed by atoms with Gasteiger partial charge in [-0.2, -0.15) is 13.5 Å². The number of hydrogen-bond acceptors (Lipinski definition) is 8. The average molecular weight is 430 g/mol. The molecule has 0 aliphatic rings. The van der Waals surface area contributed by atoms with Crippen molar-refractivity contribution in [2.45, 2.75) is 9.79 Å². The summed E-state index contributed by atoms with van der Waals surface area (Å²) in [5.74, 6) is -0.859. The maximum absolute atomic E-state index is 11.5. The van der Waals surface area contributed by atoms with Crippen LogP contribution in [0.1, 0.15) is 0 Å². The Hall–Kier alpha value is -1.86. The zero-order valence-electron chi connectivity index (χ0n) is 14.3. The number of phenols is 1. The standard InChI is InChI=1S/C16H12N2O7S2.Na/c19-16-14(27(23,24)25)9-10-8-12(26(20,21)22)6-7-13(10)15(16)18-17-11-4-2-1-3-5-11;/h1-9,19H,(H,20,21,22)(H,23,24,25);/q;+1/p-1. The van der Waals surface area contributed by atoms with E-state index in [-0.39, 0.29) is 46.0 Å². The summed E-state index contributed by atoms with van der Waals surface area (Å²) in [6, 6.07) is 12.3. The fourth-order valence-corrected chi connectivity index (χ4v) is 3.51. The van der Waals surface area contributed by atoms with Crippen molar-refractivity contribution >= 4 is 42.4 Å². The van der Waals surface area contributed by atoms with Crippen LogP contribution in [0.3, 0.4) is 0 Å². The number of hydrogen-bond donors (Lipinski definition) is 2. The molecule has 0 atom stereocenters. The summed E-state index contributed by atoms with van der Waals surface area (Å²) in [6.07, 6.45) is 0. The summed E-state index contributed by atoms with van der Waals surface area (Å²) >= 11 is 0. The van der Waals surface area contributed by atoms with E-state index < -0.39 is 35.8 Å². The predicted molar refractivity (Wildman–Crippen MR) is 94.0 cm³/mol. The minimum Gasteiger partial charge on any atom is -0.744 e. The zero-order chi connectivity index (χ0) is 19.8. The first-order valence-electron chi connectivity index (χ1n) is 7.27. The molecule has 12 heteroatoms. The van der Waals surface area contributed by atoms with Gasteiger partial charge in [0.05, 0.1) is 10.6 Å². The Balaban J connectivity index is 0.00000280. The average Bonchev–Trinajstić information content (AvgIpc) is 2.59. The molecule has 0 aromatic heterocycles. The van der Waals surface area contributed by atoms with E-state index in [1.807, 2.05) is 0 Å². The largest absolute Gasteiger partial charge is 1.00 e. The van der Waals surface area contributed by atoms with Crippen molar-refractivity contribution in [3.63, 3.8) is 0 Å². The minimum atomic E-state index is -4.86. The van der Waals surface area contributed by atoms with Crippen LogP contribution >= 0.6 is 0 Å². The molecule has 0 saturated carbocycles. The van der Waals surface area contributed by atoms with Gasteiger partial charge in [0.25, 0.3) is 10.1 Å². The SMILES string of the molecule is O=S(=O)([O-])c1ccc2c(N=Nc3ccccc3)c(O)c(S(=O)(=O)O)cc2c1.[Na+]. The zero-order valence-corrected chi connectivity index (χ0v) is 18.0. The molecule has 28 heavy (non-hydrogen) atoms. The monoisotopic (exact) mass is 430 g/mol. The van der Waals surface area contributed by atoms with E-state index in [0.717, 1.165) is 18.2 Å². The third kappa shape index (κ3) is 4.75. The molecule has 3 aromatic carbocycles. The molecule has 0 radical (unpaired) electrons. The van der Waals surface area contributed by atoms with Crippen molar-refractivity contribution in [1.29, 1.82) is 0 Å². The summed E-state index contributed by atoms with van der Waals surface area (Å²) < 4.78 is 66.0. The van der Waals surface area contributed by atoms with E-state index in [4.69, 9.17) is 0 Å². The van der Waals surface area contributed by atoms with Crippen LogP contribution in [0.4, 0.5) is 11.4 Å². The first-order chi connectivity index (χ1) is 12.6. The van der Waals surface area contributed by atoms with Crippen LogP contribution in [-0.4, -0.2) is 31.0 Å². The van der Waals surface area contributed by atoms with Gasteiger partial charge in [-0.15, -0.1) is 5.11 Å². The summed E-state index contributed by atoms with van der Waals surface area (Å²) in [5, 5.41) is 18.1. The molecular formula is C16H11N2NaO7S2. The van der Waals surface area contributed by atoms with Crippen molar-refractivity contribution in [2.24, 2.45) is 10.2 Å². The van der Waals surface area contributed by atoms with Gasteiger partial charge in [0.2, 0.25) is 0 Å². The van der Waals surface area contributed by atoms with Gasteiger partial charge < -0.3 is 9.66 Å². The van der Waals surface area contributed by atoms with E-state index >= 15 is 0 Å². The van der Waals surface area contributed by atoms with Gasteiger partial charge in [-0.05, 0) is 35.7 Å². The Morgan fingerprint density at radius 2 is 1.54 bits per heavy atom. The number of benzene rings is 3. The smallest absolute Gasteiger partial charge is 0.744 e. The second-order valence-electron chi connectivity index (χ2n) is 5.42. The van der Waals surface area contributed by atoms with E-state index in [0.29, 0.717) is 5.69 Å². The van der Waals surface area contributed by atoms with Crippen molar-refractivity contribution < 1.29 is 60.6 Å². The number of fused-ring (bicyclic) bond motifs is 1. The molecule has 2 N–H and O–H groups in total. The third-order valence-electron chi connectivity index (χ3n) is 3.61. The van der Waals surface area contributed by atoms with E-state index in [9.17, 15) is 31.0 Å². The predicted octanol–water partition coefficient (Wildman–Crippen LogP) is 0.116. The van der Waals surface area contributed by atoms with E-state index in [1.54, 1.807) is 30.3 Å². The Bertz CT molecular complexity index is 1280. The topological polar surface area (TPSA) is 157 Å². The van der Waals surface area contributed by atoms with Gasteiger partial charge in [0, 0.05) is 5.39 Å². The summed E-state index contributed by atoms with van der Waals surface area (Å²) in [6.45, 7) is 0. The van der Waals surface area contributed by atoms with Gasteiger partial charge in [0.15, 0.2) is 5.75 Å². The molecule has 0 fully saturated rings. The van der Waals surface area contributed by atoms with Crippen molar-refractivity contribution in [3.8, 4) is 5.75 Å². The van der Waals surface area contributed by atoms with Gasteiger partial charge in [0.1, 0.15) is 20.7 Å². The van der Waals surface area contributed by atoms with E-state index in [1.165, 1.54) is 6.07 Å². The molecule has 0 bridgehead atoms. The first kappa shape index (κ1) is 22.4. The van der Waals surface area contributed by atoms with Crippen molar-refractivity contribution in [1.82, 2.24) is 0 Å². The first-order valence-corrected chi connectivity index (χ1v) is 10.1. The molecule has 0 saturated heterocycles. The van der Waals surface area contributed by atoms with Gasteiger partial charge in [-0.1, -0.05) is 24.3 Å². The molecule has 0 unspecified atom stereocenters. The van der Waals surface area contributed by atoms with Gasteiger partial charge >= 0.3 is 29.6 Å². The van der Waals surface area contributed by atoms with Crippen LogP contribution < -0.4 is 29.6 Å². The minimum absolute atomic E-state index is 0.